The van der Waals surface area contributed by atoms with E-state index >= 15 is 0 Å². The van der Waals surface area contributed by atoms with Gasteiger partial charge in [0.05, 0.1) is 16.9 Å². The van der Waals surface area contributed by atoms with Crippen LogP contribution in [0, 0.1) is 0 Å². The van der Waals surface area contributed by atoms with Crippen LogP contribution >= 0.6 is 0 Å². The first kappa shape index (κ1) is 20.8. The molecule has 1 fully saturated rings. The average molecular weight is 415 g/mol. The fourth-order valence-corrected chi connectivity index (χ4v) is 3.79. The summed E-state index contributed by atoms with van der Waals surface area (Å²) in [5.41, 5.74) is 2.61. The van der Waals surface area contributed by atoms with Gasteiger partial charge in [-0.05, 0) is 49.2 Å². The van der Waals surface area contributed by atoms with Crippen LogP contribution in [0.2, 0.25) is 0 Å². The quantitative estimate of drug-likeness (QED) is 0.645. The minimum Gasteiger partial charge on any atom is -0.349 e. The Balaban J connectivity index is 1.34. The first-order chi connectivity index (χ1) is 15.2. The molecule has 3 aromatic rings. The highest BCUT2D eigenvalue weighted by atomic mass is 16.2. The molecule has 6 nitrogen and oxygen atoms in total. The SMILES string of the molecule is O=C(Nc1ccccc1C(=O)NC1CCN(Cc2ccccn2)CC1)c1ccccc1. The lowest BCUT2D eigenvalue weighted by Gasteiger charge is -2.32. The minimum absolute atomic E-state index is 0.116. The molecule has 0 atom stereocenters. The van der Waals surface area contributed by atoms with Crippen molar-refractivity contribution < 1.29 is 9.59 Å². The molecule has 1 aliphatic rings. The number of nitrogens with one attached hydrogen (secondary N) is 2. The van der Waals surface area contributed by atoms with E-state index in [2.05, 4.69) is 20.5 Å². The van der Waals surface area contributed by atoms with Crippen molar-refractivity contribution in [1.82, 2.24) is 15.2 Å². The van der Waals surface area contributed by atoms with Crippen LogP contribution in [0.5, 0.6) is 0 Å². The number of anilines is 1. The zero-order valence-corrected chi connectivity index (χ0v) is 17.3. The Kier molecular flexibility index (Phi) is 6.69. The molecule has 0 bridgehead atoms. The standard InChI is InChI=1S/C25H26N4O2/c30-24(19-8-2-1-3-9-19)28-23-12-5-4-11-22(23)25(31)27-20-13-16-29(17-14-20)18-21-10-6-7-15-26-21/h1-12,15,20H,13-14,16-18H2,(H,27,31)(H,28,30). The highest BCUT2D eigenvalue weighted by Gasteiger charge is 2.22. The van der Waals surface area contributed by atoms with E-state index in [1.165, 1.54) is 0 Å². The zero-order valence-electron chi connectivity index (χ0n) is 17.3. The highest BCUT2D eigenvalue weighted by molar-refractivity contribution is 6.09. The molecule has 2 heterocycles. The van der Waals surface area contributed by atoms with Gasteiger partial charge < -0.3 is 10.6 Å². The monoisotopic (exact) mass is 414 g/mol. The van der Waals surface area contributed by atoms with Gasteiger partial charge in [-0.15, -0.1) is 0 Å². The molecule has 6 heteroatoms. The molecule has 1 saturated heterocycles. The normalized spacial score (nSPS) is 14.7. The second kappa shape index (κ2) is 10.00. The maximum absolute atomic E-state index is 12.9. The van der Waals surface area contributed by atoms with Crippen molar-refractivity contribution in [3.63, 3.8) is 0 Å². The Morgan fingerprint density at radius 1 is 0.871 bits per heavy atom. The molecular weight excluding hydrogens is 388 g/mol. The molecule has 31 heavy (non-hydrogen) atoms. The van der Waals surface area contributed by atoms with Crippen molar-refractivity contribution in [2.24, 2.45) is 0 Å². The van der Waals surface area contributed by atoms with Crippen molar-refractivity contribution in [2.45, 2.75) is 25.4 Å². The van der Waals surface area contributed by atoms with Gasteiger partial charge in [0, 0.05) is 37.4 Å². The first-order valence-corrected chi connectivity index (χ1v) is 10.6. The smallest absolute Gasteiger partial charge is 0.255 e. The Labute approximate surface area is 182 Å². The van der Waals surface area contributed by atoms with Gasteiger partial charge in [-0.1, -0.05) is 36.4 Å². The van der Waals surface area contributed by atoms with Crippen LogP contribution < -0.4 is 10.6 Å². The number of piperidine rings is 1. The largest absolute Gasteiger partial charge is 0.349 e. The van der Waals surface area contributed by atoms with Gasteiger partial charge in [-0.2, -0.15) is 0 Å². The molecule has 158 valence electrons. The Morgan fingerprint density at radius 2 is 1.58 bits per heavy atom. The number of carbonyl (C=O) groups is 2. The van der Waals surface area contributed by atoms with Crippen LogP contribution in [0.15, 0.2) is 79.0 Å². The molecule has 1 aliphatic heterocycles. The Bertz CT molecular complexity index is 1020. The lowest BCUT2D eigenvalue weighted by atomic mass is 10.0. The number of aromatic nitrogens is 1. The third-order valence-corrected chi connectivity index (χ3v) is 5.49. The molecule has 1 aromatic heterocycles. The second-order valence-electron chi connectivity index (χ2n) is 7.71. The number of likely N-dealkylation sites (tertiary alicyclic amines) is 1. The molecule has 0 radical (unpaired) electrons. The molecule has 2 N–H and O–H groups in total. The molecule has 2 amide bonds. The molecule has 0 aliphatic carbocycles. The third-order valence-electron chi connectivity index (χ3n) is 5.49. The van der Waals surface area contributed by atoms with Crippen LogP contribution in [0.1, 0.15) is 39.3 Å². The van der Waals surface area contributed by atoms with Gasteiger partial charge in [0.15, 0.2) is 0 Å². The molecule has 2 aromatic carbocycles. The lowest BCUT2D eigenvalue weighted by molar-refractivity contribution is 0.0909. The molecule has 4 rings (SSSR count). The van der Waals surface area contributed by atoms with Crippen molar-refractivity contribution >= 4 is 17.5 Å². The minimum atomic E-state index is -0.233. The molecular formula is C25H26N4O2. The summed E-state index contributed by atoms with van der Waals surface area (Å²) >= 11 is 0. The number of para-hydroxylation sites is 1. The number of pyridine rings is 1. The number of hydrogen-bond acceptors (Lipinski definition) is 4. The summed E-state index contributed by atoms with van der Waals surface area (Å²) in [6.45, 7) is 2.65. The van der Waals surface area contributed by atoms with Crippen molar-refractivity contribution in [2.75, 3.05) is 18.4 Å². The molecule has 0 unspecified atom stereocenters. The number of benzene rings is 2. The van der Waals surface area contributed by atoms with E-state index in [1.54, 1.807) is 24.3 Å². The van der Waals surface area contributed by atoms with Crippen molar-refractivity contribution in [1.29, 1.82) is 0 Å². The maximum atomic E-state index is 12.9. The number of nitrogens with zero attached hydrogens (tertiary/aromatic N) is 2. The number of hydrogen-bond donors (Lipinski definition) is 2. The van der Waals surface area contributed by atoms with Crippen LogP contribution in [-0.4, -0.2) is 40.8 Å². The van der Waals surface area contributed by atoms with Gasteiger partial charge in [0.1, 0.15) is 0 Å². The fraction of sp³-hybridized carbons (Fsp3) is 0.240. The van der Waals surface area contributed by atoms with E-state index in [0.29, 0.717) is 16.8 Å². The number of rotatable bonds is 6. The van der Waals surface area contributed by atoms with Crippen LogP contribution in [-0.2, 0) is 6.54 Å². The zero-order chi connectivity index (χ0) is 21.5. The van der Waals surface area contributed by atoms with Gasteiger partial charge in [0.2, 0.25) is 0 Å². The molecule has 0 spiro atoms. The van der Waals surface area contributed by atoms with E-state index in [1.807, 2.05) is 54.7 Å². The average Bonchev–Trinajstić information content (AvgIpc) is 2.82. The predicted molar refractivity (Wildman–Crippen MR) is 121 cm³/mol. The van der Waals surface area contributed by atoms with Crippen molar-refractivity contribution in [3.8, 4) is 0 Å². The van der Waals surface area contributed by atoms with E-state index in [-0.39, 0.29) is 17.9 Å². The first-order valence-electron chi connectivity index (χ1n) is 10.6. The lowest BCUT2D eigenvalue weighted by Crippen LogP contribution is -2.44. The summed E-state index contributed by atoms with van der Waals surface area (Å²) < 4.78 is 0. The topological polar surface area (TPSA) is 74.3 Å². The van der Waals surface area contributed by atoms with Crippen LogP contribution in [0.25, 0.3) is 0 Å². The summed E-state index contributed by atoms with van der Waals surface area (Å²) in [5.74, 6) is -0.393. The second-order valence-corrected chi connectivity index (χ2v) is 7.71. The third kappa shape index (κ3) is 5.55. The summed E-state index contributed by atoms with van der Waals surface area (Å²) in [6, 6.07) is 22.2. The predicted octanol–water partition coefficient (Wildman–Crippen LogP) is 3.73. The van der Waals surface area contributed by atoms with Crippen LogP contribution in [0.4, 0.5) is 5.69 Å². The van der Waals surface area contributed by atoms with Crippen molar-refractivity contribution in [3.05, 3.63) is 95.8 Å². The van der Waals surface area contributed by atoms with Gasteiger partial charge >= 0.3 is 0 Å². The number of amides is 2. The van der Waals surface area contributed by atoms with E-state index < -0.39 is 0 Å². The summed E-state index contributed by atoms with van der Waals surface area (Å²) in [4.78, 5) is 32.2. The van der Waals surface area contributed by atoms with E-state index in [9.17, 15) is 9.59 Å². The fourth-order valence-electron chi connectivity index (χ4n) is 3.79. The molecule has 0 saturated carbocycles. The van der Waals surface area contributed by atoms with Gasteiger partial charge in [-0.25, -0.2) is 0 Å². The summed E-state index contributed by atoms with van der Waals surface area (Å²) in [5, 5.41) is 6.00. The maximum Gasteiger partial charge on any atom is 0.255 e. The Morgan fingerprint density at radius 3 is 2.32 bits per heavy atom. The van der Waals surface area contributed by atoms with E-state index in [4.69, 9.17) is 0 Å². The highest BCUT2D eigenvalue weighted by Crippen LogP contribution is 2.18. The van der Waals surface area contributed by atoms with Gasteiger partial charge in [-0.3, -0.25) is 19.5 Å². The summed E-state index contributed by atoms with van der Waals surface area (Å²) in [7, 11) is 0. The number of carbonyl (C=O) groups excluding carboxylic acids is 2. The summed E-state index contributed by atoms with van der Waals surface area (Å²) in [6.07, 6.45) is 3.59. The van der Waals surface area contributed by atoms with E-state index in [0.717, 1.165) is 38.2 Å². The van der Waals surface area contributed by atoms with Crippen LogP contribution in [0.3, 0.4) is 0 Å². The van der Waals surface area contributed by atoms with Gasteiger partial charge in [0.25, 0.3) is 11.8 Å². The Hall–Kier alpha value is -3.51.